The van der Waals surface area contributed by atoms with E-state index in [0.29, 0.717) is 41.6 Å². The van der Waals surface area contributed by atoms with Crippen LogP contribution in [0.3, 0.4) is 0 Å². The maximum absolute atomic E-state index is 11.3. The Balaban J connectivity index is 1.76. The van der Waals surface area contributed by atoms with E-state index in [1.807, 2.05) is 18.2 Å². The Morgan fingerprint density at radius 1 is 1.29 bits per heavy atom. The monoisotopic (exact) mass is 326 g/mol. The maximum Gasteiger partial charge on any atom is 0.337 e. The van der Waals surface area contributed by atoms with Crippen LogP contribution < -0.4 is 14.8 Å². The van der Waals surface area contributed by atoms with E-state index in [-0.39, 0.29) is 5.56 Å². The number of carbonyl (C=O) groups is 1. The molecule has 8 heteroatoms. The van der Waals surface area contributed by atoms with Gasteiger partial charge in [0.15, 0.2) is 17.3 Å². The molecule has 8 nitrogen and oxygen atoms in total. The van der Waals surface area contributed by atoms with Gasteiger partial charge in [0.05, 0.1) is 5.56 Å². The Hall–Kier alpha value is -3.29. The summed E-state index contributed by atoms with van der Waals surface area (Å²) in [5.41, 5.74) is 2.17. The minimum Gasteiger partial charge on any atom is -0.486 e. The molecule has 4 rings (SSSR count). The van der Waals surface area contributed by atoms with Gasteiger partial charge in [-0.1, -0.05) is 0 Å². The van der Waals surface area contributed by atoms with Gasteiger partial charge >= 0.3 is 5.97 Å². The summed E-state index contributed by atoms with van der Waals surface area (Å²) >= 11 is 0. The predicted molar refractivity (Wildman–Crippen MR) is 85.4 cm³/mol. The van der Waals surface area contributed by atoms with E-state index in [4.69, 9.17) is 9.47 Å². The smallest absolute Gasteiger partial charge is 0.337 e. The molecule has 2 aromatic heterocycles. The van der Waals surface area contributed by atoms with Gasteiger partial charge in [0.25, 0.3) is 0 Å². The molecule has 1 aromatic carbocycles. The van der Waals surface area contributed by atoms with Crippen LogP contribution in [-0.4, -0.2) is 38.9 Å². The number of anilines is 2. The van der Waals surface area contributed by atoms with Crippen molar-refractivity contribution in [2.24, 2.45) is 0 Å². The van der Waals surface area contributed by atoms with Crippen LogP contribution in [-0.2, 0) is 0 Å². The van der Waals surface area contributed by atoms with Gasteiger partial charge < -0.3 is 19.9 Å². The van der Waals surface area contributed by atoms with Gasteiger partial charge in [-0.15, -0.1) is 0 Å². The topological polar surface area (TPSA) is 98.0 Å². The lowest BCUT2D eigenvalue weighted by Crippen LogP contribution is -2.15. The quantitative estimate of drug-likeness (QED) is 0.761. The lowest BCUT2D eigenvalue weighted by Gasteiger charge is -2.19. The van der Waals surface area contributed by atoms with Gasteiger partial charge in [0, 0.05) is 18.0 Å². The third kappa shape index (κ3) is 2.28. The Bertz CT molecular complexity index is 951. The molecule has 2 N–H and O–H groups in total. The summed E-state index contributed by atoms with van der Waals surface area (Å²) < 4.78 is 12.6. The van der Waals surface area contributed by atoms with E-state index in [1.165, 1.54) is 17.0 Å². The highest BCUT2D eigenvalue weighted by Gasteiger charge is 2.18. The Morgan fingerprint density at radius 2 is 2.08 bits per heavy atom. The van der Waals surface area contributed by atoms with Crippen LogP contribution in [0.5, 0.6) is 11.5 Å². The minimum absolute atomic E-state index is 0.195. The summed E-state index contributed by atoms with van der Waals surface area (Å²) in [6, 6.07) is 5.49. The van der Waals surface area contributed by atoms with Crippen molar-refractivity contribution in [3.63, 3.8) is 0 Å². The summed E-state index contributed by atoms with van der Waals surface area (Å²) in [5.74, 6) is 0.885. The van der Waals surface area contributed by atoms with Gasteiger partial charge in [-0.3, -0.25) is 0 Å². The molecule has 0 saturated carbocycles. The summed E-state index contributed by atoms with van der Waals surface area (Å²) in [6.45, 7) is 2.78. The van der Waals surface area contributed by atoms with Crippen molar-refractivity contribution in [3.8, 4) is 11.5 Å². The summed E-state index contributed by atoms with van der Waals surface area (Å²) in [4.78, 5) is 15.5. The number of nitrogens with zero attached hydrogens (tertiary/aromatic N) is 3. The highest BCUT2D eigenvalue weighted by molar-refractivity contribution is 5.94. The van der Waals surface area contributed by atoms with Gasteiger partial charge in [-0.25, -0.2) is 14.3 Å². The highest BCUT2D eigenvalue weighted by atomic mass is 16.6. The molecule has 1 aliphatic heterocycles. The zero-order valence-electron chi connectivity index (χ0n) is 12.8. The molecular weight excluding hydrogens is 312 g/mol. The number of nitrogens with one attached hydrogen (secondary N) is 1. The van der Waals surface area contributed by atoms with Crippen LogP contribution in [0.2, 0.25) is 0 Å². The third-order valence-electron chi connectivity index (χ3n) is 3.86. The Labute approximate surface area is 136 Å². The number of benzene rings is 1. The van der Waals surface area contributed by atoms with Crippen LogP contribution >= 0.6 is 0 Å². The molecule has 1 aliphatic rings. The van der Waals surface area contributed by atoms with Crippen LogP contribution in [0.4, 0.5) is 11.5 Å². The first-order chi connectivity index (χ1) is 11.6. The van der Waals surface area contributed by atoms with Crippen LogP contribution in [0.15, 0.2) is 30.7 Å². The second-order valence-corrected chi connectivity index (χ2v) is 5.36. The number of aryl methyl sites for hydroxylation is 1. The van der Waals surface area contributed by atoms with E-state index < -0.39 is 5.97 Å². The van der Waals surface area contributed by atoms with Crippen LogP contribution in [0.25, 0.3) is 5.52 Å². The molecule has 3 aromatic rings. The minimum atomic E-state index is -0.997. The highest BCUT2D eigenvalue weighted by Crippen LogP contribution is 2.34. The first-order valence-electron chi connectivity index (χ1n) is 7.36. The SMILES string of the molecule is Cc1c(C(=O)O)cn2ncnc(Nc3ccc4c(c3)OCCO4)c12. The fourth-order valence-electron chi connectivity index (χ4n) is 2.73. The number of aromatic carboxylic acids is 1. The first kappa shape index (κ1) is 14.3. The van der Waals surface area contributed by atoms with Gasteiger partial charge in [-0.05, 0) is 24.6 Å². The lowest BCUT2D eigenvalue weighted by atomic mass is 10.2. The Kier molecular flexibility index (Phi) is 3.23. The first-order valence-corrected chi connectivity index (χ1v) is 7.36. The molecule has 0 amide bonds. The molecule has 3 heterocycles. The number of aromatic nitrogens is 3. The molecule has 0 unspecified atom stereocenters. The lowest BCUT2D eigenvalue weighted by molar-refractivity contribution is 0.0696. The molecule has 0 aliphatic carbocycles. The number of rotatable bonds is 3. The summed E-state index contributed by atoms with van der Waals surface area (Å²) in [7, 11) is 0. The second-order valence-electron chi connectivity index (χ2n) is 5.36. The van der Waals surface area contributed by atoms with E-state index in [9.17, 15) is 9.90 Å². The molecule has 0 bridgehead atoms. The molecule has 0 fully saturated rings. The normalized spacial score (nSPS) is 13.0. The summed E-state index contributed by atoms with van der Waals surface area (Å²) in [5, 5.41) is 16.5. The predicted octanol–water partition coefficient (Wildman–Crippen LogP) is 2.25. The number of fused-ring (bicyclic) bond motifs is 2. The van der Waals surface area contributed by atoms with Crippen LogP contribution in [0, 0.1) is 6.92 Å². The van der Waals surface area contributed by atoms with Crippen molar-refractivity contribution >= 4 is 23.0 Å². The fourth-order valence-corrected chi connectivity index (χ4v) is 2.73. The second kappa shape index (κ2) is 5.41. The maximum atomic E-state index is 11.3. The van der Waals surface area contributed by atoms with E-state index in [2.05, 4.69) is 15.4 Å². The van der Waals surface area contributed by atoms with Gasteiger partial charge in [0.2, 0.25) is 0 Å². The standard InChI is InChI=1S/C16H14N4O4/c1-9-11(16(21)22)7-20-14(9)15(17-8-18-20)19-10-2-3-12-13(6-10)24-5-4-23-12/h2-3,6-8H,4-5H2,1H3,(H,21,22)(H,17,18,19). The largest absolute Gasteiger partial charge is 0.486 e. The molecule has 122 valence electrons. The number of carboxylic acid groups (broad SMARTS) is 1. The van der Waals surface area contributed by atoms with Crippen molar-refractivity contribution in [2.45, 2.75) is 6.92 Å². The average molecular weight is 326 g/mol. The van der Waals surface area contributed by atoms with Crippen molar-refractivity contribution in [2.75, 3.05) is 18.5 Å². The van der Waals surface area contributed by atoms with Crippen molar-refractivity contribution in [1.29, 1.82) is 0 Å². The zero-order chi connectivity index (χ0) is 16.7. The molecule has 24 heavy (non-hydrogen) atoms. The van der Waals surface area contributed by atoms with Crippen molar-refractivity contribution in [3.05, 3.63) is 41.9 Å². The molecule has 0 saturated heterocycles. The Morgan fingerprint density at radius 3 is 2.88 bits per heavy atom. The molecule has 0 spiro atoms. The number of carboxylic acids is 1. The van der Waals surface area contributed by atoms with Crippen LogP contribution in [0.1, 0.15) is 15.9 Å². The van der Waals surface area contributed by atoms with Gasteiger partial charge in [-0.2, -0.15) is 5.10 Å². The zero-order valence-corrected chi connectivity index (χ0v) is 12.8. The number of hydrogen-bond donors (Lipinski definition) is 2. The van der Waals surface area contributed by atoms with E-state index in [0.717, 1.165) is 5.69 Å². The van der Waals surface area contributed by atoms with Crippen molar-refractivity contribution in [1.82, 2.24) is 14.6 Å². The number of ether oxygens (including phenoxy) is 2. The third-order valence-corrected chi connectivity index (χ3v) is 3.86. The summed E-state index contributed by atoms with van der Waals surface area (Å²) in [6.07, 6.45) is 2.85. The average Bonchev–Trinajstić information content (AvgIpc) is 2.93. The van der Waals surface area contributed by atoms with E-state index in [1.54, 1.807) is 6.92 Å². The van der Waals surface area contributed by atoms with Gasteiger partial charge in [0.1, 0.15) is 25.1 Å². The van der Waals surface area contributed by atoms with Crippen molar-refractivity contribution < 1.29 is 19.4 Å². The molecule has 0 radical (unpaired) electrons. The molecular formula is C16H14N4O4. The number of hydrogen-bond acceptors (Lipinski definition) is 6. The molecule has 0 atom stereocenters. The fraction of sp³-hybridized carbons (Fsp3) is 0.188. The van der Waals surface area contributed by atoms with E-state index >= 15 is 0 Å².